The van der Waals surface area contributed by atoms with Crippen LogP contribution in [0.4, 0.5) is 17.6 Å². The summed E-state index contributed by atoms with van der Waals surface area (Å²) in [6.45, 7) is 3.99. The van der Waals surface area contributed by atoms with Gasteiger partial charge < -0.3 is 19.5 Å². The Labute approximate surface area is 227 Å². The highest BCUT2D eigenvalue weighted by atomic mass is 32.1. The van der Waals surface area contributed by atoms with E-state index in [-0.39, 0.29) is 33.3 Å². The molecule has 0 aliphatic rings. The standard InChI is InChI=1S/C27H24F4N2O5S/c1-13(33-26(39)24-25(38-15(3)34)22(36-4)9-10-32-24)27(35)37-14(2)23(18-7-5-16(28)11-20(18)30)19-8-6-17(29)12-21(19)31/h5-14,23H,1-4H3,(H,33,39)/t13-,14-/m0/s1. The first-order chi connectivity index (χ1) is 18.4. The number of hydrogen-bond acceptors (Lipinski definition) is 7. The predicted molar refractivity (Wildman–Crippen MR) is 137 cm³/mol. The maximum absolute atomic E-state index is 14.7. The van der Waals surface area contributed by atoms with Crippen LogP contribution in [-0.4, -0.2) is 41.2 Å². The lowest BCUT2D eigenvalue weighted by atomic mass is 9.86. The van der Waals surface area contributed by atoms with Gasteiger partial charge >= 0.3 is 11.9 Å². The molecule has 1 heterocycles. The van der Waals surface area contributed by atoms with Crippen LogP contribution in [0.15, 0.2) is 48.7 Å². The Bertz CT molecular complexity index is 1350. The number of aromatic nitrogens is 1. The molecule has 12 heteroatoms. The van der Waals surface area contributed by atoms with Gasteiger partial charge in [0.15, 0.2) is 5.75 Å². The van der Waals surface area contributed by atoms with Crippen molar-refractivity contribution >= 4 is 29.1 Å². The SMILES string of the molecule is COc1ccnc(C(=S)N[C@@H](C)C(=O)O[C@@H](C)C(c2ccc(F)cc2F)c2ccc(F)cc2F)c1OC(C)=O. The largest absolute Gasteiger partial charge is 0.493 e. The number of pyridine rings is 1. The predicted octanol–water partition coefficient (Wildman–Crippen LogP) is 4.99. The van der Waals surface area contributed by atoms with Crippen LogP contribution in [0.2, 0.25) is 0 Å². The van der Waals surface area contributed by atoms with E-state index in [0.29, 0.717) is 12.1 Å². The molecule has 0 aliphatic heterocycles. The van der Waals surface area contributed by atoms with Crippen LogP contribution in [0.25, 0.3) is 0 Å². The third-order valence-electron chi connectivity index (χ3n) is 5.62. The van der Waals surface area contributed by atoms with E-state index in [4.69, 9.17) is 26.4 Å². The van der Waals surface area contributed by atoms with Gasteiger partial charge in [0.05, 0.1) is 13.0 Å². The van der Waals surface area contributed by atoms with Crippen LogP contribution in [0.3, 0.4) is 0 Å². The van der Waals surface area contributed by atoms with Crippen LogP contribution >= 0.6 is 12.2 Å². The van der Waals surface area contributed by atoms with E-state index in [0.717, 1.165) is 24.3 Å². The highest BCUT2D eigenvalue weighted by Gasteiger charge is 2.31. The smallest absolute Gasteiger partial charge is 0.328 e. The number of methoxy groups -OCH3 is 1. The van der Waals surface area contributed by atoms with Gasteiger partial charge in [-0.05, 0) is 37.1 Å². The molecular weight excluding hydrogens is 540 g/mol. The average molecular weight is 565 g/mol. The van der Waals surface area contributed by atoms with Gasteiger partial charge in [0.1, 0.15) is 46.1 Å². The van der Waals surface area contributed by atoms with Crippen molar-refractivity contribution in [1.82, 2.24) is 10.3 Å². The van der Waals surface area contributed by atoms with Crippen molar-refractivity contribution < 1.29 is 41.4 Å². The van der Waals surface area contributed by atoms with Crippen molar-refractivity contribution in [2.24, 2.45) is 0 Å². The van der Waals surface area contributed by atoms with Gasteiger partial charge in [0, 0.05) is 31.3 Å². The Hall–Kier alpha value is -4.06. The highest BCUT2D eigenvalue weighted by Crippen LogP contribution is 2.34. The van der Waals surface area contributed by atoms with Crippen LogP contribution in [0.1, 0.15) is 43.5 Å². The van der Waals surface area contributed by atoms with Crippen LogP contribution < -0.4 is 14.8 Å². The Morgan fingerprint density at radius 3 is 2.00 bits per heavy atom. The average Bonchev–Trinajstić information content (AvgIpc) is 2.86. The molecule has 3 rings (SSSR count). The molecule has 0 saturated carbocycles. The molecule has 0 spiro atoms. The number of ether oxygens (including phenoxy) is 3. The Kier molecular flexibility index (Phi) is 9.57. The van der Waals surface area contributed by atoms with Gasteiger partial charge in [0.2, 0.25) is 5.75 Å². The summed E-state index contributed by atoms with van der Waals surface area (Å²) in [4.78, 5) is 28.5. The highest BCUT2D eigenvalue weighted by molar-refractivity contribution is 7.80. The summed E-state index contributed by atoms with van der Waals surface area (Å²) < 4.78 is 72.5. The van der Waals surface area contributed by atoms with Crippen molar-refractivity contribution in [3.05, 3.63) is 88.8 Å². The summed E-state index contributed by atoms with van der Waals surface area (Å²) >= 11 is 5.34. The van der Waals surface area contributed by atoms with Crippen molar-refractivity contribution in [3.63, 3.8) is 0 Å². The molecule has 2 atom stereocenters. The van der Waals surface area contributed by atoms with E-state index in [1.54, 1.807) is 0 Å². The fraction of sp³-hybridized carbons (Fsp3) is 0.259. The number of carbonyl (C=O) groups excluding carboxylic acids is 2. The van der Waals surface area contributed by atoms with Gasteiger partial charge in [0.25, 0.3) is 0 Å². The van der Waals surface area contributed by atoms with Crippen molar-refractivity contribution in [2.75, 3.05) is 7.11 Å². The monoisotopic (exact) mass is 564 g/mol. The summed E-state index contributed by atoms with van der Waals surface area (Å²) in [5.41, 5.74) is -0.304. The molecule has 39 heavy (non-hydrogen) atoms. The molecule has 206 valence electrons. The first-order valence-corrected chi connectivity index (χ1v) is 12.0. The number of benzene rings is 2. The van der Waals surface area contributed by atoms with Gasteiger partial charge in [-0.25, -0.2) is 27.3 Å². The van der Waals surface area contributed by atoms with Crippen LogP contribution in [0.5, 0.6) is 11.5 Å². The van der Waals surface area contributed by atoms with Crippen LogP contribution in [0, 0.1) is 23.3 Å². The van der Waals surface area contributed by atoms with Crippen LogP contribution in [-0.2, 0) is 14.3 Å². The number of nitrogens with zero attached hydrogens (tertiary/aromatic N) is 1. The van der Waals surface area contributed by atoms with Gasteiger partial charge in [-0.15, -0.1) is 0 Å². The molecule has 0 radical (unpaired) electrons. The normalized spacial score (nSPS) is 12.4. The van der Waals surface area contributed by atoms with E-state index in [1.807, 2.05) is 0 Å². The number of nitrogens with one attached hydrogen (secondary N) is 1. The fourth-order valence-corrected chi connectivity index (χ4v) is 4.18. The summed E-state index contributed by atoms with van der Waals surface area (Å²) in [5, 5.41) is 2.72. The van der Waals surface area contributed by atoms with E-state index >= 15 is 0 Å². The Morgan fingerprint density at radius 2 is 1.51 bits per heavy atom. The number of carbonyl (C=O) groups is 2. The molecule has 0 unspecified atom stereocenters. The molecule has 0 saturated heterocycles. The van der Waals surface area contributed by atoms with E-state index < -0.39 is 53.3 Å². The summed E-state index contributed by atoms with van der Waals surface area (Å²) in [6, 6.07) is 5.74. The molecule has 1 N–H and O–H groups in total. The fourth-order valence-electron chi connectivity index (χ4n) is 3.85. The third kappa shape index (κ3) is 7.08. The van der Waals surface area contributed by atoms with Crippen molar-refractivity contribution in [2.45, 2.75) is 38.8 Å². The quantitative estimate of drug-likeness (QED) is 0.221. The van der Waals surface area contributed by atoms with Gasteiger partial charge in [-0.3, -0.25) is 4.79 Å². The zero-order chi connectivity index (χ0) is 28.9. The second-order valence-electron chi connectivity index (χ2n) is 8.43. The maximum Gasteiger partial charge on any atom is 0.328 e. The molecule has 0 bridgehead atoms. The van der Waals surface area contributed by atoms with E-state index in [1.165, 1.54) is 40.1 Å². The Balaban J connectivity index is 1.85. The minimum Gasteiger partial charge on any atom is -0.493 e. The maximum atomic E-state index is 14.7. The molecule has 0 amide bonds. The minimum atomic E-state index is -1.25. The number of esters is 2. The molecular formula is C27H24F4N2O5S. The number of halogens is 4. The number of thiocarbonyl (C=S) groups is 1. The first-order valence-electron chi connectivity index (χ1n) is 11.6. The molecule has 0 aliphatic carbocycles. The lowest BCUT2D eigenvalue weighted by Crippen LogP contribution is -2.41. The second-order valence-corrected chi connectivity index (χ2v) is 8.84. The second kappa shape index (κ2) is 12.7. The zero-order valence-electron chi connectivity index (χ0n) is 21.3. The zero-order valence-corrected chi connectivity index (χ0v) is 22.1. The van der Waals surface area contributed by atoms with Crippen molar-refractivity contribution in [1.29, 1.82) is 0 Å². The topological polar surface area (TPSA) is 86.8 Å². The Morgan fingerprint density at radius 1 is 0.949 bits per heavy atom. The summed E-state index contributed by atoms with van der Waals surface area (Å²) in [7, 11) is 1.36. The van der Waals surface area contributed by atoms with E-state index in [2.05, 4.69) is 10.3 Å². The number of hydrogen-bond donors (Lipinski definition) is 1. The molecule has 0 fully saturated rings. The van der Waals surface area contributed by atoms with Crippen molar-refractivity contribution in [3.8, 4) is 11.5 Å². The first kappa shape index (κ1) is 29.5. The summed E-state index contributed by atoms with van der Waals surface area (Å²) in [6.07, 6.45) is 0.168. The molecule has 1 aromatic heterocycles. The molecule has 2 aromatic carbocycles. The number of rotatable bonds is 9. The van der Waals surface area contributed by atoms with Gasteiger partial charge in [-0.1, -0.05) is 24.4 Å². The van der Waals surface area contributed by atoms with Gasteiger partial charge in [-0.2, -0.15) is 0 Å². The van der Waals surface area contributed by atoms with E-state index in [9.17, 15) is 27.2 Å². The third-order valence-corrected chi connectivity index (χ3v) is 5.93. The minimum absolute atomic E-state index is 0.0203. The lowest BCUT2D eigenvalue weighted by Gasteiger charge is -2.27. The molecule has 7 nitrogen and oxygen atoms in total. The molecule has 3 aromatic rings. The summed E-state index contributed by atoms with van der Waals surface area (Å²) in [5.74, 6) is -6.36. The lowest BCUT2D eigenvalue weighted by molar-refractivity contribution is -0.150.